The van der Waals surface area contributed by atoms with Crippen LogP contribution in [0.15, 0.2) is 77.9 Å². The number of carbonyl (C=O) groups is 1. The second-order valence-electron chi connectivity index (χ2n) is 5.76. The Bertz CT molecular complexity index is 936. The summed E-state index contributed by atoms with van der Waals surface area (Å²) in [5.74, 6) is 0.966. The molecule has 0 saturated carbocycles. The number of amides is 1. The normalized spacial score (nSPS) is 10.6. The zero-order valence-electron chi connectivity index (χ0n) is 15.2. The van der Waals surface area contributed by atoms with E-state index in [9.17, 15) is 4.79 Å². The Labute approximate surface area is 158 Å². The standard InChI is InChI=1S/C22H20N2O3/c1-26-20-13-8-16(14-21(20)27-2)15-23-24-22(25)19-11-9-18(10-12-19)17-6-4-3-5-7-17/h3-15H,1-2H3,(H,24,25). The van der Waals surface area contributed by atoms with Crippen molar-refractivity contribution in [2.75, 3.05) is 14.2 Å². The zero-order valence-corrected chi connectivity index (χ0v) is 15.2. The van der Waals surface area contributed by atoms with Gasteiger partial charge in [-0.2, -0.15) is 5.10 Å². The molecule has 1 amide bonds. The van der Waals surface area contributed by atoms with E-state index in [0.29, 0.717) is 17.1 Å². The highest BCUT2D eigenvalue weighted by Crippen LogP contribution is 2.26. The summed E-state index contributed by atoms with van der Waals surface area (Å²) in [5.41, 5.74) is 6.02. The maximum Gasteiger partial charge on any atom is 0.271 e. The van der Waals surface area contributed by atoms with Crippen molar-refractivity contribution in [1.29, 1.82) is 0 Å². The molecule has 3 aromatic rings. The molecule has 0 aromatic heterocycles. The van der Waals surface area contributed by atoms with Crippen molar-refractivity contribution in [3.8, 4) is 22.6 Å². The molecule has 0 bridgehead atoms. The lowest BCUT2D eigenvalue weighted by Crippen LogP contribution is -2.17. The van der Waals surface area contributed by atoms with Crippen LogP contribution in [0.4, 0.5) is 0 Å². The molecule has 0 heterocycles. The van der Waals surface area contributed by atoms with Crippen LogP contribution in [0, 0.1) is 0 Å². The SMILES string of the molecule is COc1ccc(C=NNC(=O)c2ccc(-c3ccccc3)cc2)cc1OC. The van der Waals surface area contributed by atoms with Crippen molar-refractivity contribution in [2.24, 2.45) is 5.10 Å². The predicted octanol–water partition coefficient (Wildman–Crippen LogP) is 4.13. The molecule has 5 heteroatoms. The van der Waals surface area contributed by atoms with Crippen molar-refractivity contribution < 1.29 is 14.3 Å². The first-order chi connectivity index (χ1) is 13.2. The number of nitrogens with zero attached hydrogens (tertiary/aromatic N) is 1. The fraction of sp³-hybridized carbons (Fsp3) is 0.0909. The lowest BCUT2D eigenvalue weighted by molar-refractivity contribution is 0.0955. The van der Waals surface area contributed by atoms with Gasteiger partial charge in [0.25, 0.3) is 5.91 Å². The van der Waals surface area contributed by atoms with Gasteiger partial charge < -0.3 is 9.47 Å². The van der Waals surface area contributed by atoms with Crippen LogP contribution in [0.3, 0.4) is 0 Å². The lowest BCUT2D eigenvalue weighted by Gasteiger charge is -2.07. The summed E-state index contributed by atoms with van der Waals surface area (Å²) < 4.78 is 10.4. The van der Waals surface area contributed by atoms with E-state index >= 15 is 0 Å². The molecule has 3 aromatic carbocycles. The van der Waals surface area contributed by atoms with Crippen LogP contribution in [0.1, 0.15) is 15.9 Å². The van der Waals surface area contributed by atoms with Gasteiger partial charge in [-0.05, 0) is 47.0 Å². The number of rotatable bonds is 6. The second kappa shape index (κ2) is 8.67. The molecule has 0 spiro atoms. The maximum atomic E-state index is 12.2. The molecular formula is C22H20N2O3. The number of methoxy groups -OCH3 is 2. The van der Waals surface area contributed by atoms with Gasteiger partial charge in [0, 0.05) is 5.56 Å². The Kier molecular flexibility index (Phi) is 5.84. The van der Waals surface area contributed by atoms with Crippen LogP contribution in [-0.4, -0.2) is 26.3 Å². The number of hydrazone groups is 1. The highest BCUT2D eigenvalue weighted by Gasteiger charge is 2.06. The summed E-state index contributed by atoms with van der Waals surface area (Å²) in [6.07, 6.45) is 1.55. The molecule has 0 fully saturated rings. The summed E-state index contributed by atoms with van der Waals surface area (Å²) in [6.45, 7) is 0. The minimum Gasteiger partial charge on any atom is -0.493 e. The van der Waals surface area contributed by atoms with Gasteiger partial charge in [0.1, 0.15) is 0 Å². The van der Waals surface area contributed by atoms with Crippen molar-refractivity contribution in [2.45, 2.75) is 0 Å². The number of nitrogens with one attached hydrogen (secondary N) is 1. The number of ether oxygens (including phenoxy) is 2. The first-order valence-corrected chi connectivity index (χ1v) is 8.42. The monoisotopic (exact) mass is 360 g/mol. The van der Waals surface area contributed by atoms with E-state index in [4.69, 9.17) is 9.47 Å². The maximum absolute atomic E-state index is 12.2. The zero-order chi connectivity index (χ0) is 19.1. The van der Waals surface area contributed by atoms with E-state index in [1.165, 1.54) is 0 Å². The molecule has 5 nitrogen and oxygen atoms in total. The van der Waals surface area contributed by atoms with Crippen LogP contribution >= 0.6 is 0 Å². The third kappa shape index (κ3) is 4.52. The van der Waals surface area contributed by atoms with Gasteiger partial charge in [0.2, 0.25) is 0 Å². The molecule has 0 aliphatic carbocycles. The molecule has 1 N–H and O–H groups in total. The minimum absolute atomic E-state index is 0.272. The molecule has 136 valence electrons. The smallest absolute Gasteiger partial charge is 0.271 e. The highest BCUT2D eigenvalue weighted by atomic mass is 16.5. The Morgan fingerprint density at radius 2 is 1.52 bits per heavy atom. The Morgan fingerprint density at radius 3 is 2.19 bits per heavy atom. The van der Waals surface area contributed by atoms with Gasteiger partial charge >= 0.3 is 0 Å². The average molecular weight is 360 g/mol. The third-order valence-electron chi connectivity index (χ3n) is 4.04. The van der Waals surface area contributed by atoms with Gasteiger partial charge in [-0.1, -0.05) is 42.5 Å². The van der Waals surface area contributed by atoms with Gasteiger partial charge in [-0.3, -0.25) is 4.79 Å². The molecule has 0 unspecified atom stereocenters. The molecule has 0 atom stereocenters. The highest BCUT2D eigenvalue weighted by molar-refractivity contribution is 5.95. The number of hydrogen-bond donors (Lipinski definition) is 1. The Hall–Kier alpha value is -3.60. The lowest BCUT2D eigenvalue weighted by atomic mass is 10.0. The molecular weight excluding hydrogens is 340 g/mol. The van der Waals surface area contributed by atoms with E-state index in [1.54, 1.807) is 44.7 Å². The Morgan fingerprint density at radius 1 is 0.852 bits per heavy atom. The van der Waals surface area contributed by atoms with Crippen LogP contribution in [0.25, 0.3) is 11.1 Å². The fourth-order valence-electron chi connectivity index (χ4n) is 2.61. The molecule has 0 aliphatic rings. The van der Waals surface area contributed by atoms with E-state index < -0.39 is 0 Å². The summed E-state index contributed by atoms with van der Waals surface area (Å²) in [6, 6.07) is 22.8. The minimum atomic E-state index is -0.272. The largest absolute Gasteiger partial charge is 0.493 e. The van der Waals surface area contributed by atoms with Gasteiger partial charge in [-0.25, -0.2) is 5.43 Å². The van der Waals surface area contributed by atoms with Crippen molar-refractivity contribution >= 4 is 12.1 Å². The molecule has 27 heavy (non-hydrogen) atoms. The predicted molar refractivity (Wildman–Crippen MR) is 106 cm³/mol. The van der Waals surface area contributed by atoms with E-state index in [2.05, 4.69) is 10.5 Å². The molecule has 3 rings (SSSR count). The quantitative estimate of drug-likeness (QED) is 0.531. The number of carbonyl (C=O) groups excluding carboxylic acids is 1. The van der Waals surface area contributed by atoms with Crippen molar-refractivity contribution in [3.05, 3.63) is 83.9 Å². The Balaban J connectivity index is 1.64. The van der Waals surface area contributed by atoms with Crippen LogP contribution in [-0.2, 0) is 0 Å². The summed E-state index contributed by atoms with van der Waals surface area (Å²) in [4.78, 5) is 12.2. The van der Waals surface area contributed by atoms with Gasteiger partial charge in [-0.15, -0.1) is 0 Å². The topological polar surface area (TPSA) is 59.9 Å². The van der Waals surface area contributed by atoms with Gasteiger partial charge in [0.15, 0.2) is 11.5 Å². The molecule has 0 aliphatic heterocycles. The van der Waals surface area contributed by atoms with E-state index in [0.717, 1.165) is 16.7 Å². The van der Waals surface area contributed by atoms with Gasteiger partial charge in [0.05, 0.1) is 20.4 Å². The van der Waals surface area contributed by atoms with E-state index in [-0.39, 0.29) is 5.91 Å². The first-order valence-electron chi connectivity index (χ1n) is 8.42. The third-order valence-corrected chi connectivity index (χ3v) is 4.04. The summed E-state index contributed by atoms with van der Waals surface area (Å²) >= 11 is 0. The number of benzene rings is 3. The summed E-state index contributed by atoms with van der Waals surface area (Å²) in [5, 5.41) is 4.01. The molecule has 0 saturated heterocycles. The summed E-state index contributed by atoms with van der Waals surface area (Å²) in [7, 11) is 3.15. The fourth-order valence-corrected chi connectivity index (χ4v) is 2.61. The first kappa shape index (κ1) is 18.2. The second-order valence-corrected chi connectivity index (χ2v) is 5.76. The van der Waals surface area contributed by atoms with Crippen LogP contribution in [0.5, 0.6) is 11.5 Å². The molecule has 0 radical (unpaired) electrons. The van der Waals surface area contributed by atoms with Crippen LogP contribution < -0.4 is 14.9 Å². The van der Waals surface area contributed by atoms with E-state index in [1.807, 2.05) is 48.5 Å². The average Bonchev–Trinajstić information content (AvgIpc) is 2.74. The van der Waals surface area contributed by atoms with Crippen LogP contribution in [0.2, 0.25) is 0 Å². The number of hydrogen-bond acceptors (Lipinski definition) is 4. The van der Waals surface area contributed by atoms with Crippen molar-refractivity contribution in [3.63, 3.8) is 0 Å². The van der Waals surface area contributed by atoms with Crippen molar-refractivity contribution in [1.82, 2.24) is 5.43 Å².